The molecule has 7 heteroatoms. The summed E-state index contributed by atoms with van der Waals surface area (Å²) < 4.78 is 5.19. The summed E-state index contributed by atoms with van der Waals surface area (Å²) in [5, 5.41) is 3.11. The number of furan rings is 1. The Balaban J connectivity index is 1.34. The highest BCUT2D eigenvalue weighted by molar-refractivity contribution is 5.91. The Bertz CT molecular complexity index is 916. The van der Waals surface area contributed by atoms with Gasteiger partial charge in [-0.15, -0.1) is 0 Å². The van der Waals surface area contributed by atoms with Gasteiger partial charge in [0.1, 0.15) is 0 Å². The van der Waals surface area contributed by atoms with Crippen molar-refractivity contribution in [2.75, 3.05) is 19.6 Å². The Morgan fingerprint density at radius 3 is 2.53 bits per heavy atom. The van der Waals surface area contributed by atoms with Gasteiger partial charge in [-0.2, -0.15) is 0 Å². The predicted octanol–water partition coefficient (Wildman–Crippen LogP) is 2.54. The number of nitrogens with one attached hydrogen (secondary N) is 1. The van der Waals surface area contributed by atoms with Crippen LogP contribution in [0, 0.1) is 0 Å². The molecular weight excluding hydrogens is 382 g/mol. The Morgan fingerprint density at radius 1 is 1.07 bits per heavy atom. The van der Waals surface area contributed by atoms with Crippen molar-refractivity contribution >= 4 is 17.7 Å². The fourth-order valence-electron chi connectivity index (χ4n) is 4.49. The molecule has 2 aliphatic rings. The molecule has 3 amide bonds. The summed E-state index contributed by atoms with van der Waals surface area (Å²) in [4.78, 5) is 40.9. The molecule has 1 atom stereocenters. The minimum atomic E-state index is -0.229. The highest BCUT2D eigenvalue weighted by atomic mass is 16.3. The summed E-state index contributed by atoms with van der Waals surface area (Å²) >= 11 is 0. The fourth-order valence-corrected chi connectivity index (χ4v) is 4.49. The lowest BCUT2D eigenvalue weighted by Crippen LogP contribution is -2.47. The molecule has 1 aromatic carbocycles. The molecule has 2 aliphatic heterocycles. The summed E-state index contributed by atoms with van der Waals surface area (Å²) in [6.45, 7) is 3.36. The summed E-state index contributed by atoms with van der Waals surface area (Å²) in [6.07, 6.45) is 3.97. The minimum Gasteiger partial charge on any atom is -0.459 e. The first-order valence-electron chi connectivity index (χ1n) is 10.5. The van der Waals surface area contributed by atoms with Crippen LogP contribution in [0.15, 0.2) is 47.1 Å². The van der Waals surface area contributed by atoms with Gasteiger partial charge in [0.05, 0.1) is 18.7 Å². The molecule has 30 heavy (non-hydrogen) atoms. The van der Waals surface area contributed by atoms with E-state index >= 15 is 0 Å². The van der Waals surface area contributed by atoms with Gasteiger partial charge in [0.15, 0.2) is 5.76 Å². The molecule has 4 rings (SSSR count). The Morgan fingerprint density at radius 2 is 1.83 bits per heavy atom. The third-order valence-electron chi connectivity index (χ3n) is 6.07. The van der Waals surface area contributed by atoms with Crippen molar-refractivity contribution in [1.29, 1.82) is 0 Å². The fraction of sp³-hybridized carbons (Fsp3) is 0.435. The van der Waals surface area contributed by atoms with Crippen LogP contribution < -0.4 is 5.32 Å². The van der Waals surface area contributed by atoms with E-state index in [4.69, 9.17) is 4.42 Å². The molecule has 0 aliphatic carbocycles. The van der Waals surface area contributed by atoms with Gasteiger partial charge in [0, 0.05) is 32.6 Å². The van der Waals surface area contributed by atoms with Gasteiger partial charge in [-0.25, -0.2) is 0 Å². The zero-order chi connectivity index (χ0) is 21.1. The van der Waals surface area contributed by atoms with Crippen molar-refractivity contribution in [2.24, 2.45) is 0 Å². The molecule has 0 saturated carbocycles. The lowest BCUT2D eigenvalue weighted by molar-refractivity contribution is -0.133. The number of benzene rings is 1. The molecule has 2 aromatic rings. The number of likely N-dealkylation sites (tertiary alicyclic amines) is 1. The van der Waals surface area contributed by atoms with E-state index in [0.717, 1.165) is 12.0 Å². The molecule has 1 aromatic heterocycles. The molecule has 7 nitrogen and oxygen atoms in total. The van der Waals surface area contributed by atoms with Crippen LogP contribution in [-0.4, -0.2) is 53.2 Å². The monoisotopic (exact) mass is 409 g/mol. The van der Waals surface area contributed by atoms with Gasteiger partial charge in [0.2, 0.25) is 11.8 Å². The van der Waals surface area contributed by atoms with E-state index in [1.54, 1.807) is 28.9 Å². The number of piperidine rings is 1. The van der Waals surface area contributed by atoms with E-state index in [0.29, 0.717) is 38.2 Å². The van der Waals surface area contributed by atoms with Gasteiger partial charge < -0.3 is 19.5 Å². The second-order valence-electron chi connectivity index (χ2n) is 7.99. The molecule has 1 unspecified atom stereocenters. The van der Waals surface area contributed by atoms with Crippen LogP contribution >= 0.6 is 0 Å². The zero-order valence-electron chi connectivity index (χ0n) is 17.2. The first kappa shape index (κ1) is 20.2. The van der Waals surface area contributed by atoms with E-state index in [2.05, 4.69) is 11.4 Å². The zero-order valence-corrected chi connectivity index (χ0v) is 17.2. The van der Waals surface area contributed by atoms with Crippen molar-refractivity contribution in [3.05, 3.63) is 59.5 Å². The molecule has 0 bridgehead atoms. The Hall–Kier alpha value is -3.09. The first-order chi connectivity index (χ1) is 14.5. The second-order valence-corrected chi connectivity index (χ2v) is 7.99. The SMILES string of the molecule is CC(=O)N1CCc2ccccc2C1CC(=O)NC1CCN(C(=O)c2ccco2)CC1. The number of fused-ring (bicyclic) bond motifs is 1. The maximum Gasteiger partial charge on any atom is 0.289 e. The van der Waals surface area contributed by atoms with Gasteiger partial charge in [-0.3, -0.25) is 14.4 Å². The highest BCUT2D eigenvalue weighted by Crippen LogP contribution is 2.32. The predicted molar refractivity (Wildman–Crippen MR) is 111 cm³/mol. The minimum absolute atomic E-state index is 0.00736. The maximum atomic E-state index is 12.8. The quantitative estimate of drug-likeness (QED) is 0.841. The van der Waals surface area contributed by atoms with E-state index < -0.39 is 0 Å². The number of nitrogens with zero attached hydrogens (tertiary/aromatic N) is 2. The Labute approximate surface area is 176 Å². The number of hydrogen-bond donors (Lipinski definition) is 1. The van der Waals surface area contributed by atoms with Gasteiger partial charge in [0.25, 0.3) is 5.91 Å². The van der Waals surface area contributed by atoms with Crippen LogP contribution in [0.3, 0.4) is 0 Å². The number of carbonyl (C=O) groups excluding carboxylic acids is 3. The number of hydrogen-bond acceptors (Lipinski definition) is 4. The van der Waals surface area contributed by atoms with Crippen LogP contribution in [0.25, 0.3) is 0 Å². The van der Waals surface area contributed by atoms with Gasteiger partial charge >= 0.3 is 0 Å². The first-order valence-corrected chi connectivity index (χ1v) is 10.5. The molecular formula is C23H27N3O4. The summed E-state index contributed by atoms with van der Waals surface area (Å²) in [7, 11) is 0. The van der Waals surface area contributed by atoms with Gasteiger partial charge in [-0.05, 0) is 42.5 Å². The molecule has 1 saturated heterocycles. The maximum absolute atomic E-state index is 12.8. The lowest BCUT2D eigenvalue weighted by Gasteiger charge is -2.37. The topological polar surface area (TPSA) is 82.9 Å². The van der Waals surface area contributed by atoms with Crippen LogP contribution in [-0.2, 0) is 16.0 Å². The average molecular weight is 409 g/mol. The normalized spacial score (nSPS) is 19.3. The Kier molecular flexibility index (Phi) is 5.88. The van der Waals surface area contributed by atoms with Crippen LogP contribution in [0.4, 0.5) is 0 Å². The van der Waals surface area contributed by atoms with Crippen LogP contribution in [0.5, 0.6) is 0 Å². The summed E-state index contributed by atoms with van der Waals surface area (Å²) in [5.41, 5.74) is 2.27. The highest BCUT2D eigenvalue weighted by Gasteiger charge is 2.32. The second kappa shape index (κ2) is 8.73. The molecule has 1 N–H and O–H groups in total. The van der Waals surface area contributed by atoms with Crippen LogP contribution in [0.1, 0.15) is 53.9 Å². The molecule has 3 heterocycles. The summed E-state index contributed by atoms with van der Waals surface area (Å²) in [6, 6.07) is 11.2. The average Bonchev–Trinajstić information content (AvgIpc) is 3.28. The number of amides is 3. The smallest absolute Gasteiger partial charge is 0.289 e. The van der Waals surface area contributed by atoms with E-state index in [1.165, 1.54) is 11.8 Å². The van der Waals surface area contributed by atoms with Crippen molar-refractivity contribution < 1.29 is 18.8 Å². The van der Waals surface area contributed by atoms with Crippen molar-refractivity contribution in [2.45, 2.75) is 44.7 Å². The molecule has 158 valence electrons. The largest absolute Gasteiger partial charge is 0.459 e. The van der Waals surface area contributed by atoms with E-state index in [9.17, 15) is 14.4 Å². The molecule has 0 radical (unpaired) electrons. The van der Waals surface area contributed by atoms with Gasteiger partial charge in [-0.1, -0.05) is 24.3 Å². The number of rotatable bonds is 4. The van der Waals surface area contributed by atoms with Crippen molar-refractivity contribution in [3.8, 4) is 0 Å². The van der Waals surface area contributed by atoms with E-state index in [-0.39, 0.29) is 36.2 Å². The summed E-state index contributed by atoms with van der Waals surface area (Å²) in [5.74, 6) is 0.171. The van der Waals surface area contributed by atoms with Crippen molar-refractivity contribution in [1.82, 2.24) is 15.1 Å². The third-order valence-corrected chi connectivity index (χ3v) is 6.07. The third kappa shape index (κ3) is 4.25. The lowest BCUT2D eigenvalue weighted by atomic mass is 9.90. The van der Waals surface area contributed by atoms with E-state index in [1.807, 2.05) is 18.2 Å². The standard InChI is InChI=1S/C23H27N3O4/c1-16(27)26-13-8-17-5-2-3-6-19(17)20(26)15-22(28)24-18-9-11-25(12-10-18)23(29)21-7-4-14-30-21/h2-7,14,18,20H,8-13,15H2,1H3,(H,24,28). The van der Waals surface area contributed by atoms with Crippen molar-refractivity contribution in [3.63, 3.8) is 0 Å². The van der Waals surface area contributed by atoms with Crippen LogP contribution in [0.2, 0.25) is 0 Å². The molecule has 0 spiro atoms. The number of carbonyl (C=O) groups is 3. The molecule has 1 fully saturated rings.